The molecule has 2 N–H and O–H groups in total. The predicted octanol–water partition coefficient (Wildman–Crippen LogP) is 3.01. The monoisotopic (exact) mass is 370 g/mol. The van der Waals surface area contributed by atoms with Crippen LogP contribution in [0.4, 0.5) is 0 Å². The second-order valence-electron chi connectivity index (χ2n) is 5.54. The number of hydrazine groups is 1. The van der Waals surface area contributed by atoms with E-state index in [-0.39, 0.29) is 4.21 Å². The Morgan fingerprint density at radius 1 is 1.13 bits per heavy atom. The van der Waals surface area contributed by atoms with E-state index in [1.165, 1.54) is 45.6 Å². The number of nitrogens with one attached hydrogen (secondary N) is 2. The Balaban J connectivity index is 1.68. The van der Waals surface area contributed by atoms with Gasteiger partial charge in [-0.1, -0.05) is 6.42 Å². The van der Waals surface area contributed by atoms with Gasteiger partial charge in [0.1, 0.15) is 4.21 Å². The Morgan fingerprint density at radius 3 is 2.65 bits per heavy atom. The first kappa shape index (κ1) is 16.6. The summed E-state index contributed by atoms with van der Waals surface area (Å²) in [7, 11) is -3.71. The first-order chi connectivity index (χ1) is 11.0. The molecular formula is C15H18N2O3S3. The highest BCUT2D eigenvalue weighted by molar-refractivity contribution is 7.91. The summed E-state index contributed by atoms with van der Waals surface area (Å²) < 4.78 is 24.4. The summed E-state index contributed by atoms with van der Waals surface area (Å²) >= 11 is 2.63. The van der Waals surface area contributed by atoms with Crippen molar-refractivity contribution < 1.29 is 13.2 Å². The van der Waals surface area contributed by atoms with Gasteiger partial charge in [0.2, 0.25) is 0 Å². The number of carbonyl (C=O) groups excluding carboxylic acids is 1. The number of sulfonamides is 1. The van der Waals surface area contributed by atoms with E-state index >= 15 is 0 Å². The molecule has 0 unspecified atom stereocenters. The van der Waals surface area contributed by atoms with Crippen molar-refractivity contribution in [2.75, 3.05) is 0 Å². The standard InChI is InChI=1S/C15H18N2O3S3/c1-10-7-8-14(21-10)23(19,20)17-16-15(18)13-9-11-5-3-2-4-6-12(11)22-13/h7-9,17H,2-6H2,1H3,(H,16,18). The SMILES string of the molecule is Cc1ccc(S(=O)(=O)NNC(=O)c2cc3c(s2)CCCCC3)s1. The van der Waals surface area contributed by atoms with Crippen molar-refractivity contribution >= 4 is 38.6 Å². The van der Waals surface area contributed by atoms with Gasteiger partial charge in [-0.2, -0.15) is 0 Å². The maximum atomic E-state index is 12.2. The van der Waals surface area contributed by atoms with E-state index in [0.29, 0.717) is 4.88 Å². The lowest BCUT2D eigenvalue weighted by atomic mass is 10.1. The molecule has 0 saturated carbocycles. The van der Waals surface area contributed by atoms with Crippen molar-refractivity contribution in [3.05, 3.63) is 38.4 Å². The lowest BCUT2D eigenvalue weighted by molar-refractivity contribution is 0.0949. The first-order valence-corrected chi connectivity index (χ1v) is 10.6. The molecule has 5 nitrogen and oxygen atoms in total. The van der Waals surface area contributed by atoms with Crippen LogP contribution < -0.4 is 10.3 Å². The van der Waals surface area contributed by atoms with Crippen molar-refractivity contribution in [1.29, 1.82) is 0 Å². The number of fused-ring (bicyclic) bond motifs is 1. The van der Waals surface area contributed by atoms with Crippen molar-refractivity contribution in [2.45, 2.75) is 43.2 Å². The maximum absolute atomic E-state index is 12.2. The molecule has 0 aromatic carbocycles. The molecule has 1 amide bonds. The zero-order valence-electron chi connectivity index (χ0n) is 12.7. The summed E-state index contributed by atoms with van der Waals surface area (Å²) in [5.74, 6) is -0.403. The van der Waals surface area contributed by atoms with Crippen LogP contribution in [0.3, 0.4) is 0 Å². The van der Waals surface area contributed by atoms with E-state index in [2.05, 4.69) is 10.3 Å². The normalized spacial score (nSPS) is 15.0. The Morgan fingerprint density at radius 2 is 1.91 bits per heavy atom. The number of aryl methyl sites for hydroxylation is 3. The highest BCUT2D eigenvalue weighted by atomic mass is 32.2. The zero-order valence-corrected chi connectivity index (χ0v) is 15.2. The van der Waals surface area contributed by atoms with Crippen LogP contribution in [0.5, 0.6) is 0 Å². The van der Waals surface area contributed by atoms with Crippen molar-refractivity contribution in [3.63, 3.8) is 0 Å². The Bertz CT molecular complexity index is 797. The quantitative estimate of drug-likeness (QED) is 0.642. The molecule has 2 heterocycles. The number of thiophene rings is 2. The molecule has 0 bridgehead atoms. The number of hydrogen-bond donors (Lipinski definition) is 2. The smallest absolute Gasteiger partial charge is 0.273 e. The summed E-state index contributed by atoms with van der Waals surface area (Å²) in [6.07, 6.45) is 5.53. The average molecular weight is 371 g/mol. The number of carbonyl (C=O) groups is 1. The topological polar surface area (TPSA) is 75.3 Å². The fraction of sp³-hybridized carbons (Fsp3) is 0.400. The molecule has 2 aromatic rings. The van der Waals surface area contributed by atoms with Gasteiger partial charge in [-0.05, 0) is 56.4 Å². The molecule has 0 fully saturated rings. The molecule has 8 heteroatoms. The van der Waals surface area contributed by atoms with Crippen LogP contribution in [-0.2, 0) is 22.9 Å². The fourth-order valence-electron chi connectivity index (χ4n) is 2.56. The van der Waals surface area contributed by atoms with E-state index in [0.717, 1.165) is 30.6 Å². The Hall–Kier alpha value is -1.22. The van der Waals surface area contributed by atoms with Gasteiger partial charge in [0, 0.05) is 9.75 Å². The lowest BCUT2D eigenvalue weighted by Gasteiger charge is -2.05. The summed E-state index contributed by atoms with van der Waals surface area (Å²) in [6.45, 7) is 1.83. The van der Waals surface area contributed by atoms with Gasteiger partial charge in [-0.25, -0.2) is 8.42 Å². The third-order valence-electron chi connectivity index (χ3n) is 3.75. The van der Waals surface area contributed by atoms with Gasteiger partial charge < -0.3 is 0 Å². The van der Waals surface area contributed by atoms with Gasteiger partial charge in [-0.15, -0.1) is 27.5 Å². The molecule has 1 aliphatic carbocycles. The highest BCUT2D eigenvalue weighted by Gasteiger charge is 2.20. The molecule has 0 spiro atoms. The molecule has 0 radical (unpaired) electrons. The molecule has 124 valence electrons. The minimum atomic E-state index is -3.71. The zero-order chi connectivity index (χ0) is 16.4. The number of hydrogen-bond acceptors (Lipinski definition) is 5. The van der Waals surface area contributed by atoms with Gasteiger partial charge in [0.15, 0.2) is 0 Å². The van der Waals surface area contributed by atoms with Crippen LogP contribution in [0, 0.1) is 6.92 Å². The molecular weight excluding hydrogens is 352 g/mol. The third kappa shape index (κ3) is 3.82. The summed E-state index contributed by atoms with van der Waals surface area (Å²) in [5.41, 5.74) is 3.54. The van der Waals surface area contributed by atoms with Crippen molar-refractivity contribution in [1.82, 2.24) is 10.3 Å². The van der Waals surface area contributed by atoms with Crippen LogP contribution in [0.15, 0.2) is 22.4 Å². The third-order valence-corrected chi connectivity index (χ3v) is 7.73. The summed E-state index contributed by atoms with van der Waals surface area (Å²) in [4.78, 5) is 17.1. The fourth-order valence-corrected chi connectivity index (χ4v) is 5.83. The maximum Gasteiger partial charge on any atom is 0.276 e. The van der Waals surface area contributed by atoms with E-state index in [1.807, 2.05) is 13.0 Å². The van der Waals surface area contributed by atoms with Crippen LogP contribution in [0.1, 0.15) is 44.3 Å². The summed E-state index contributed by atoms with van der Waals surface area (Å²) in [5, 5.41) is 0. The second kappa shape index (κ2) is 6.72. The van der Waals surface area contributed by atoms with E-state index in [9.17, 15) is 13.2 Å². The largest absolute Gasteiger partial charge is 0.276 e. The number of rotatable bonds is 4. The van der Waals surface area contributed by atoms with Crippen LogP contribution in [0.25, 0.3) is 0 Å². The Kier molecular flexibility index (Phi) is 4.86. The second-order valence-corrected chi connectivity index (χ2v) is 9.88. The van der Waals surface area contributed by atoms with Gasteiger partial charge in [0.25, 0.3) is 15.9 Å². The van der Waals surface area contributed by atoms with Crippen LogP contribution in [-0.4, -0.2) is 14.3 Å². The van der Waals surface area contributed by atoms with Gasteiger partial charge in [0.05, 0.1) is 4.88 Å². The number of amides is 1. The van der Waals surface area contributed by atoms with Crippen LogP contribution >= 0.6 is 22.7 Å². The van der Waals surface area contributed by atoms with Crippen LogP contribution in [0.2, 0.25) is 0 Å². The molecule has 2 aromatic heterocycles. The minimum Gasteiger partial charge on any atom is -0.273 e. The van der Waals surface area contributed by atoms with E-state index in [4.69, 9.17) is 0 Å². The summed E-state index contributed by atoms with van der Waals surface area (Å²) in [6, 6.07) is 5.16. The van der Waals surface area contributed by atoms with Gasteiger partial charge >= 0.3 is 0 Å². The minimum absolute atomic E-state index is 0.192. The van der Waals surface area contributed by atoms with Crippen molar-refractivity contribution in [2.24, 2.45) is 0 Å². The Labute approximate surface area is 143 Å². The average Bonchev–Trinajstić information content (AvgIpc) is 3.07. The van der Waals surface area contributed by atoms with E-state index in [1.54, 1.807) is 6.07 Å². The van der Waals surface area contributed by atoms with Gasteiger partial charge in [-0.3, -0.25) is 10.2 Å². The van der Waals surface area contributed by atoms with Crippen molar-refractivity contribution in [3.8, 4) is 0 Å². The van der Waals surface area contributed by atoms with E-state index < -0.39 is 15.9 Å². The predicted molar refractivity (Wildman–Crippen MR) is 92.4 cm³/mol. The lowest BCUT2D eigenvalue weighted by Crippen LogP contribution is -2.40. The molecule has 23 heavy (non-hydrogen) atoms. The molecule has 0 aliphatic heterocycles. The highest BCUT2D eigenvalue weighted by Crippen LogP contribution is 2.29. The molecule has 1 aliphatic rings. The molecule has 3 rings (SSSR count). The molecule has 0 saturated heterocycles. The first-order valence-electron chi connectivity index (χ1n) is 7.46. The molecule has 0 atom stereocenters.